The molecule has 0 spiro atoms. The molecule has 0 atom stereocenters. The molecular weight excluding hydrogens is 1130 g/mol. The maximum absolute atomic E-state index is 5.00. The number of nitrogens with zero attached hydrogens (tertiary/aromatic N) is 15. The van der Waals surface area contributed by atoms with Gasteiger partial charge in [-0.1, -0.05) is 194 Å². The maximum Gasteiger partial charge on any atom is 3.00 e. The molecule has 1 N–H and O–H groups in total. The zero-order valence-electron chi connectivity index (χ0n) is 42.3. The summed E-state index contributed by atoms with van der Waals surface area (Å²) in [4.78, 5) is 77.3. The third-order valence-corrected chi connectivity index (χ3v) is 14.7. The number of rotatable bonds is 0. The first kappa shape index (κ1) is 46.7. The van der Waals surface area contributed by atoms with Crippen LogP contribution in [0.15, 0.2) is 194 Å². The number of nitrogens with one attached hydrogen (secondary N) is 1. The van der Waals surface area contributed by atoms with E-state index in [4.69, 9.17) is 74.8 Å². The Balaban J connectivity index is 0.000000132. The van der Waals surface area contributed by atoms with Crippen LogP contribution in [0.25, 0.3) is 179 Å². The summed E-state index contributed by atoms with van der Waals surface area (Å²) in [5, 5.41) is 7.27. The Labute approximate surface area is 485 Å². The maximum atomic E-state index is 5.00. The summed E-state index contributed by atoms with van der Waals surface area (Å²) < 4.78 is 0. The SMILES string of the molecule is [La+3].c1ccc2c(c1)-c1nc-2nc2[n-]c(nc3nc(nc4[n-]c(n1)c1ccccc41)-c1ccccc1-3)c1ccccc21.c1ccc2c(c1)-c1nc-2nc2[nH]c(nc3nc(nc4[n-]c(n1)c1ccccc41)-c1ccccc1-3)c1ccccc21. The molecule has 16 bridgehead atoms. The second kappa shape index (κ2) is 18.4. The van der Waals surface area contributed by atoms with Crippen molar-refractivity contribution in [2.75, 3.05) is 0 Å². The molecule has 14 aromatic rings. The van der Waals surface area contributed by atoms with Gasteiger partial charge in [0.1, 0.15) is 11.3 Å². The molecule has 4 aliphatic heterocycles. The molecule has 372 valence electrons. The molecule has 81 heavy (non-hydrogen) atoms. The predicted octanol–water partition coefficient (Wildman–Crippen LogP) is 12.6. The van der Waals surface area contributed by atoms with Crippen LogP contribution < -0.4 is 15.0 Å². The van der Waals surface area contributed by atoms with Crippen LogP contribution in [0.3, 0.4) is 0 Å². The predicted molar refractivity (Wildman–Crippen MR) is 309 cm³/mol. The van der Waals surface area contributed by atoms with Crippen LogP contribution in [-0.4, -0.2) is 64.8 Å². The molecule has 0 saturated carbocycles. The van der Waals surface area contributed by atoms with Gasteiger partial charge in [-0.3, -0.25) is 0 Å². The van der Waals surface area contributed by atoms with Gasteiger partial charge in [0.25, 0.3) is 0 Å². The summed E-state index contributed by atoms with van der Waals surface area (Å²) in [6.45, 7) is 0. The number of hydrogen-bond acceptors (Lipinski definition) is 12. The quantitative estimate of drug-likeness (QED) is 0.150. The van der Waals surface area contributed by atoms with E-state index in [-0.39, 0.29) is 35.6 Å². The van der Waals surface area contributed by atoms with Gasteiger partial charge < -0.3 is 49.8 Å². The molecule has 0 amide bonds. The molecule has 0 saturated heterocycles. The van der Waals surface area contributed by atoms with E-state index in [0.717, 1.165) is 87.6 Å². The van der Waals surface area contributed by atoms with E-state index in [1.807, 2.05) is 194 Å². The molecule has 17 heteroatoms. The van der Waals surface area contributed by atoms with Crippen LogP contribution in [0, 0.1) is 35.6 Å². The van der Waals surface area contributed by atoms with Crippen LogP contribution in [0.2, 0.25) is 0 Å². The van der Waals surface area contributed by atoms with Crippen molar-refractivity contribution in [1.82, 2.24) is 79.7 Å². The minimum absolute atomic E-state index is 0. The van der Waals surface area contributed by atoms with Crippen LogP contribution in [-0.2, 0) is 0 Å². The molecule has 0 radical (unpaired) electrons. The van der Waals surface area contributed by atoms with Gasteiger partial charge in [-0.15, -0.1) is 0 Å². The molecule has 18 rings (SSSR count). The summed E-state index contributed by atoms with van der Waals surface area (Å²) >= 11 is 0. The first-order chi connectivity index (χ1) is 39.6. The Morgan fingerprint density at radius 1 is 0.198 bits per heavy atom. The van der Waals surface area contributed by atoms with E-state index in [1.54, 1.807) is 0 Å². The van der Waals surface area contributed by atoms with Crippen LogP contribution in [0.4, 0.5) is 0 Å². The molecule has 16 nitrogen and oxygen atoms in total. The Morgan fingerprint density at radius 2 is 0.370 bits per heavy atom. The molecule has 8 aromatic carbocycles. The van der Waals surface area contributed by atoms with Crippen LogP contribution in [0.1, 0.15) is 0 Å². The number of hydrogen-bond donors (Lipinski definition) is 1. The number of benzene rings is 8. The fourth-order valence-corrected chi connectivity index (χ4v) is 11.0. The van der Waals surface area contributed by atoms with Crippen molar-refractivity contribution in [1.29, 1.82) is 0 Å². The smallest absolute Gasteiger partial charge is 0.357 e. The Morgan fingerprint density at radius 3 is 0.580 bits per heavy atom. The zero-order chi connectivity index (χ0) is 52.4. The average Bonchev–Trinajstić information content (AvgIpc) is 4.53. The number of aromatic amines is 1. The third kappa shape index (κ3) is 7.54. The first-order valence-electron chi connectivity index (χ1n) is 25.8. The number of H-pyrrole nitrogens is 1. The van der Waals surface area contributed by atoms with Gasteiger partial charge in [-0.25, -0.2) is 29.9 Å². The Hall–Kier alpha value is -10.3. The van der Waals surface area contributed by atoms with Gasteiger partial charge in [-0.05, 0) is 32.3 Å². The van der Waals surface area contributed by atoms with Gasteiger partial charge in [0.2, 0.25) is 0 Å². The van der Waals surface area contributed by atoms with Crippen molar-refractivity contribution in [3.8, 4) is 91.1 Å². The van der Waals surface area contributed by atoms with Gasteiger partial charge in [0.05, 0.1) is 34.9 Å². The largest absolute Gasteiger partial charge is 3.00 e. The van der Waals surface area contributed by atoms with Crippen LogP contribution in [0.5, 0.6) is 0 Å². The fourth-order valence-electron chi connectivity index (χ4n) is 11.0. The number of fused-ring (bicyclic) bond motifs is 40. The van der Waals surface area contributed by atoms with Gasteiger partial charge in [-0.2, -0.15) is 0 Å². The summed E-state index contributed by atoms with van der Waals surface area (Å²) in [7, 11) is 0. The van der Waals surface area contributed by atoms with E-state index in [9.17, 15) is 0 Å². The second-order valence-corrected chi connectivity index (χ2v) is 19.4. The van der Waals surface area contributed by atoms with E-state index in [1.165, 1.54) is 0 Å². The monoisotopic (exact) mass is 1160 g/mol. The van der Waals surface area contributed by atoms with Crippen molar-refractivity contribution in [3.05, 3.63) is 194 Å². The summed E-state index contributed by atoms with van der Waals surface area (Å²) in [6.07, 6.45) is 0. The van der Waals surface area contributed by atoms with E-state index >= 15 is 0 Å². The number of aromatic nitrogens is 16. The standard InChI is InChI=1S/C32H17N8.C32H16N8.La/c2*1-2-10-18-17(9-1)25-33-26(18)38-28-21-13-5-6-14-22(21)30(35-28)40-32-24-16-8-7-15-23(24)31(36-32)39-29-20-12-4-3-11-19(20)27(34-29)37-25;/h1-16H,(H-,33,34,35,36,37,38,39,40);1-16H;/q-1;-2;+3. The molecule has 0 fully saturated rings. The Kier molecular flexibility index (Phi) is 10.6. The molecule has 0 unspecified atom stereocenters. The van der Waals surface area contributed by atoms with E-state index in [2.05, 4.69) is 4.98 Å². The topological polar surface area (TPSA) is 213 Å². The molecule has 0 aliphatic carbocycles. The fraction of sp³-hybridized carbons (Fsp3) is 0. The van der Waals surface area contributed by atoms with Crippen molar-refractivity contribution in [2.24, 2.45) is 0 Å². The minimum Gasteiger partial charge on any atom is -0.357 e. The van der Waals surface area contributed by atoms with Gasteiger partial charge >= 0.3 is 35.6 Å². The third-order valence-electron chi connectivity index (χ3n) is 14.7. The van der Waals surface area contributed by atoms with E-state index < -0.39 is 0 Å². The van der Waals surface area contributed by atoms with Gasteiger partial charge in [0, 0.05) is 89.2 Å². The van der Waals surface area contributed by atoms with Crippen molar-refractivity contribution in [2.45, 2.75) is 0 Å². The van der Waals surface area contributed by atoms with Crippen molar-refractivity contribution >= 4 is 88.3 Å². The molecule has 10 heterocycles. The zero-order valence-corrected chi connectivity index (χ0v) is 45.9. The summed E-state index contributed by atoms with van der Waals surface area (Å²) in [6, 6.07) is 63.9. The summed E-state index contributed by atoms with van der Waals surface area (Å²) in [5.41, 5.74) is 11.9. The molecular formula is C64H33LaN16. The second-order valence-electron chi connectivity index (χ2n) is 19.4. The molecule has 6 aromatic heterocycles. The van der Waals surface area contributed by atoms with Crippen molar-refractivity contribution in [3.63, 3.8) is 0 Å². The first-order valence-corrected chi connectivity index (χ1v) is 25.8. The van der Waals surface area contributed by atoms with Gasteiger partial charge in [0.15, 0.2) is 11.6 Å². The minimum atomic E-state index is 0. The average molecular weight is 1160 g/mol. The normalized spacial score (nSPS) is 11.9. The van der Waals surface area contributed by atoms with E-state index in [0.29, 0.717) is 91.8 Å². The Bertz CT molecular complexity index is 4390. The molecule has 4 aliphatic rings. The van der Waals surface area contributed by atoms with Crippen LogP contribution >= 0.6 is 0 Å². The summed E-state index contributed by atoms with van der Waals surface area (Å²) in [5.74, 6) is 4.51. The van der Waals surface area contributed by atoms with Crippen molar-refractivity contribution < 1.29 is 35.6 Å².